The SMILES string of the molecule is O=C(CCN1C(=O)/C(=C\C=C\c2ccco2)SC1=S)Nc1ccc(O)c(C(=O)O)c1. The predicted molar refractivity (Wildman–Crippen MR) is 116 cm³/mol. The Morgan fingerprint density at radius 2 is 2.10 bits per heavy atom. The summed E-state index contributed by atoms with van der Waals surface area (Å²) in [5, 5.41) is 21.1. The zero-order valence-corrected chi connectivity index (χ0v) is 17.0. The molecule has 3 rings (SSSR count). The summed E-state index contributed by atoms with van der Waals surface area (Å²) in [7, 11) is 0. The van der Waals surface area contributed by atoms with Gasteiger partial charge in [0.05, 0.1) is 11.2 Å². The van der Waals surface area contributed by atoms with Crippen LogP contribution in [0, 0.1) is 0 Å². The number of carbonyl (C=O) groups excluding carboxylic acids is 2. The molecular formula is C20H16N2O6S2. The minimum Gasteiger partial charge on any atom is -0.507 e. The summed E-state index contributed by atoms with van der Waals surface area (Å²) in [6, 6.07) is 7.26. The van der Waals surface area contributed by atoms with Gasteiger partial charge in [-0.25, -0.2) is 4.79 Å². The van der Waals surface area contributed by atoms with Crippen LogP contribution in [0.1, 0.15) is 22.5 Å². The van der Waals surface area contributed by atoms with Gasteiger partial charge in [0, 0.05) is 18.7 Å². The average molecular weight is 444 g/mol. The summed E-state index contributed by atoms with van der Waals surface area (Å²) >= 11 is 6.37. The molecule has 154 valence electrons. The third kappa shape index (κ3) is 5.16. The fourth-order valence-corrected chi connectivity index (χ4v) is 3.81. The van der Waals surface area contributed by atoms with E-state index in [1.54, 1.807) is 36.6 Å². The van der Waals surface area contributed by atoms with E-state index in [2.05, 4.69) is 5.32 Å². The van der Waals surface area contributed by atoms with Crippen LogP contribution < -0.4 is 5.32 Å². The molecule has 1 aliphatic rings. The number of carboxylic acid groups (broad SMARTS) is 1. The van der Waals surface area contributed by atoms with E-state index < -0.39 is 17.6 Å². The number of hydrogen-bond acceptors (Lipinski definition) is 7. The lowest BCUT2D eigenvalue weighted by Crippen LogP contribution is -2.31. The Balaban J connectivity index is 1.57. The Hall–Kier alpha value is -3.37. The van der Waals surface area contributed by atoms with E-state index in [9.17, 15) is 19.5 Å². The van der Waals surface area contributed by atoms with Crippen molar-refractivity contribution >= 4 is 57.8 Å². The summed E-state index contributed by atoms with van der Waals surface area (Å²) in [5.41, 5.74) is -0.0963. The highest BCUT2D eigenvalue weighted by Gasteiger charge is 2.31. The van der Waals surface area contributed by atoms with Crippen molar-refractivity contribution in [2.45, 2.75) is 6.42 Å². The molecule has 10 heteroatoms. The number of phenols is 1. The van der Waals surface area contributed by atoms with Crippen molar-refractivity contribution in [2.75, 3.05) is 11.9 Å². The molecule has 1 saturated heterocycles. The molecule has 0 atom stereocenters. The van der Waals surface area contributed by atoms with Gasteiger partial charge in [-0.05, 0) is 42.5 Å². The highest BCUT2D eigenvalue weighted by Crippen LogP contribution is 2.31. The fourth-order valence-electron chi connectivity index (χ4n) is 2.55. The standard InChI is InChI=1S/C20H16N2O6S2/c23-15-7-6-12(11-14(15)19(26)27)21-17(24)8-9-22-18(25)16(30-20(22)29)5-1-3-13-4-2-10-28-13/h1-7,10-11,23H,8-9H2,(H,21,24)(H,26,27)/b3-1+,16-5+. The highest BCUT2D eigenvalue weighted by molar-refractivity contribution is 8.26. The Kier molecular flexibility index (Phi) is 6.70. The average Bonchev–Trinajstić information content (AvgIpc) is 3.30. The number of aromatic carboxylic acids is 1. The Morgan fingerprint density at radius 3 is 2.80 bits per heavy atom. The summed E-state index contributed by atoms with van der Waals surface area (Å²) in [4.78, 5) is 37.5. The normalized spacial score (nSPS) is 15.3. The van der Waals surface area contributed by atoms with Crippen molar-refractivity contribution in [3.63, 3.8) is 0 Å². The summed E-state index contributed by atoms with van der Waals surface area (Å²) in [5.74, 6) is -1.77. The lowest BCUT2D eigenvalue weighted by Gasteiger charge is -2.14. The van der Waals surface area contributed by atoms with E-state index in [0.29, 0.717) is 15.0 Å². The van der Waals surface area contributed by atoms with Gasteiger partial charge in [0.1, 0.15) is 21.4 Å². The smallest absolute Gasteiger partial charge is 0.339 e. The van der Waals surface area contributed by atoms with E-state index in [4.69, 9.17) is 21.7 Å². The number of amides is 2. The monoisotopic (exact) mass is 444 g/mol. The van der Waals surface area contributed by atoms with Crippen LogP contribution in [-0.4, -0.2) is 43.8 Å². The zero-order chi connectivity index (χ0) is 21.7. The Morgan fingerprint density at radius 1 is 1.30 bits per heavy atom. The number of carbonyl (C=O) groups is 3. The summed E-state index contributed by atoms with van der Waals surface area (Å²) in [6.07, 6.45) is 6.54. The van der Waals surface area contributed by atoms with Crippen LogP contribution in [0.4, 0.5) is 5.69 Å². The predicted octanol–water partition coefficient (Wildman–Crippen LogP) is 3.47. The molecule has 1 aromatic heterocycles. The molecule has 1 aliphatic heterocycles. The first-order chi connectivity index (χ1) is 14.3. The maximum absolute atomic E-state index is 12.5. The van der Waals surface area contributed by atoms with Gasteiger partial charge in [-0.15, -0.1) is 0 Å². The second-order valence-corrected chi connectivity index (χ2v) is 7.74. The van der Waals surface area contributed by atoms with E-state index in [1.165, 1.54) is 17.0 Å². The van der Waals surface area contributed by atoms with Gasteiger partial charge in [-0.2, -0.15) is 0 Å². The number of anilines is 1. The van der Waals surface area contributed by atoms with Crippen LogP contribution in [0.25, 0.3) is 6.08 Å². The van der Waals surface area contributed by atoms with Crippen LogP contribution in [0.5, 0.6) is 5.75 Å². The van der Waals surface area contributed by atoms with Gasteiger partial charge >= 0.3 is 5.97 Å². The van der Waals surface area contributed by atoms with Crippen LogP contribution in [0.15, 0.2) is 58.1 Å². The largest absolute Gasteiger partial charge is 0.507 e. The minimum absolute atomic E-state index is 0.0365. The van der Waals surface area contributed by atoms with Crippen LogP contribution in [0.2, 0.25) is 0 Å². The van der Waals surface area contributed by atoms with Crippen LogP contribution in [-0.2, 0) is 9.59 Å². The highest BCUT2D eigenvalue weighted by atomic mass is 32.2. The minimum atomic E-state index is -1.31. The van der Waals surface area contributed by atoms with Crippen molar-refractivity contribution < 1.29 is 29.0 Å². The van der Waals surface area contributed by atoms with E-state index >= 15 is 0 Å². The van der Waals surface area contributed by atoms with Gasteiger partial charge in [0.2, 0.25) is 5.91 Å². The van der Waals surface area contributed by atoms with E-state index in [-0.39, 0.29) is 30.1 Å². The molecule has 0 unspecified atom stereocenters. The third-order valence-corrected chi connectivity index (χ3v) is 5.39. The quantitative estimate of drug-likeness (QED) is 0.337. The number of carboxylic acids is 1. The van der Waals surface area contributed by atoms with Crippen LogP contribution >= 0.6 is 24.0 Å². The number of benzene rings is 1. The molecule has 2 heterocycles. The molecule has 0 aliphatic carbocycles. The number of nitrogens with zero attached hydrogens (tertiary/aromatic N) is 1. The third-order valence-electron chi connectivity index (χ3n) is 4.00. The first-order valence-corrected chi connectivity index (χ1v) is 9.89. The molecule has 3 N–H and O–H groups in total. The number of hydrogen-bond donors (Lipinski definition) is 3. The maximum atomic E-state index is 12.5. The van der Waals surface area contributed by atoms with Crippen molar-refractivity contribution in [1.29, 1.82) is 0 Å². The Bertz CT molecular complexity index is 1060. The van der Waals surface area contributed by atoms with Crippen LogP contribution in [0.3, 0.4) is 0 Å². The number of rotatable bonds is 7. The number of thioether (sulfide) groups is 1. The molecular weight excluding hydrogens is 428 g/mol. The number of allylic oxidation sites excluding steroid dienone is 2. The lowest BCUT2D eigenvalue weighted by molar-refractivity contribution is -0.122. The molecule has 8 nitrogen and oxygen atoms in total. The first-order valence-electron chi connectivity index (χ1n) is 8.67. The molecule has 30 heavy (non-hydrogen) atoms. The van der Waals surface area contributed by atoms with Crippen molar-refractivity contribution in [1.82, 2.24) is 4.90 Å². The molecule has 2 amide bonds. The van der Waals surface area contributed by atoms with E-state index in [1.807, 2.05) is 0 Å². The van der Waals surface area contributed by atoms with Gasteiger partial charge in [0.25, 0.3) is 5.91 Å². The van der Waals surface area contributed by atoms with Crippen molar-refractivity contribution in [3.05, 3.63) is 65.0 Å². The molecule has 2 aromatic rings. The number of nitrogens with one attached hydrogen (secondary N) is 1. The number of furan rings is 1. The molecule has 1 aromatic carbocycles. The Labute approximate surface area is 180 Å². The number of thiocarbonyl (C=S) groups is 1. The molecule has 0 spiro atoms. The molecule has 0 bridgehead atoms. The molecule has 0 saturated carbocycles. The van der Waals surface area contributed by atoms with Gasteiger partial charge in [-0.1, -0.05) is 30.1 Å². The second-order valence-electron chi connectivity index (χ2n) is 6.07. The summed E-state index contributed by atoms with van der Waals surface area (Å²) in [6.45, 7) is 0.0829. The second kappa shape index (κ2) is 9.42. The maximum Gasteiger partial charge on any atom is 0.339 e. The number of aromatic hydroxyl groups is 1. The fraction of sp³-hybridized carbons (Fsp3) is 0.100. The van der Waals surface area contributed by atoms with Gasteiger partial charge < -0.3 is 19.9 Å². The first kappa shape index (κ1) is 21.3. The topological polar surface area (TPSA) is 120 Å². The molecule has 0 radical (unpaired) electrons. The zero-order valence-electron chi connectivity index (χ0n) is 15.4. The molecule has 1 fully saturated rings. The van der Waals surface area contributed by atoms with Crippen molar-refractivity contribution in [3.8, 4) is 5.75 Å². The summed E-state index contributed by atoms with van der Waals surface area (Å²) < 4.78 is 5.52. The van der Waals surface area contributed by atoms with Crippen molar-refractivity contribution in [2.24, 2.45) is 0 Å². The van der Waals surface area contributed by atoms with Gasteiger partial charge in [-0.3, -0.25) is 14.5 Å². The van der Waals surface area contributed by atoms with E-state index in [0.717, 1.165) is 17.8 Å². The van der Waals surface area contributed by atoms with Gasteiger partial charge in [0.15, 0.2) is 0 Å². The lowest BCUT2D eigenvalue weighted by atomic mass is 10.1.